The predicted molar refractivity (Wildman–Crippen MR) is 95.9 cm³/mol. The molecular formula is C17H20N6O4. The number of ketones is 1. The van der Waals surface area contributed by atoms with Crippen LogP contribution in [-0.4, -0.2) is 44.4 Å². The molecule has 27 heavy (non-hydrogen) atoms. The molecule has 0 spiro atoms. The molecule has 0 aliphatic carbocycles. The van der Waals surface area contributed by atoms with Crippen LogP contribution < -0.4 is 15.2 Å². The number of methoxy groups -OCH3 is 1. The molecular weight excluding hydrogens is 352 g/mol. The zero-order valence-corrected chi connectivity index (χ0v) is 15.5. The smallest absolute Gasteiger partial charge is 0.297 e. The van der Waals surface area contributed by atoms with Gasteiger partial charge in [0.05, 0.1) is 19.5 Å². The molecule has 0 radical (unpaired) electrons. The maximum atomic E-state index is 12.7. The van der Waals surface area contributed by atoms with Gasteiger partial charge in [0, 0.05) is 51.4 Å². The maximum Gasteiger partial charge on any atom is 0.297 e. The highest BCUT2D eigenvalue weighted by Gasteiger charge is 2.23. The summed E-state index contributed by atoms with van der Waals surface area (Å²) in [5.41, 5.74) is 1.08. The third-order valence-electron chi connectivity index (χ3n) is 4.06. The summed E-state index contributed by atoms with van der Waals surface area (Å²) < 4.78 is 13.0. The van der Waals surface area contributed by atoms with Crippen LogP contribution in [-0.2, 0) is 27.1 Å². The number of hydrogen-bond donors (Lipinski definition) is 0. The normalized spacial score (nSPS) is 10.8. The first kappa shape index (κ1) is 18.4. The van der Waals surface area contributed by atoms with E-state index in [0.717, 1.165) is 5.56 Å². The van der Waals surface area contributed by atoms with Crippen molar-refractivity contribution in [1.29, 1.82) is 0 Å². The predicted octanol–water partition coefficient (Wildman–Crippen LogP) is 0.572. The molecule has 0 saturated heterocycles. The first-order chi connectivity index (χ1) is 12.9. The molecule has 10 heteroatoms. The number of ether oxygens (including phenoxy) is 1. The minimum absolute atomic E-state index is 0.00574. The van der Waals surface area contributed by atoms with E-state index in [-0.39, 0.29) is 23.6 Å². The third kappa shape index (κ3) is 3.73. The Labute approximate surface area is 155 Å². The van der Waals surface area contributed by atoms with Crippen LogP contribution in [0.3, 0.4) is 0 Å². The first-order valence-electron chi connectivity index (χ1n) is 8.15. The van der Waals surface area contributed by atoms with E-state index in [9.17, 15) is 9.59 Å². The summed E-state index contributed by atoms with van der Waals surface area (Å²) in [7, 11) is 6.54. The van der Waals surface area contributed by atoms with Crippen molar-refractivity contribution in [3.63, 3.8) is 0 Å². The molecule has 0 fully saturated rings. The molecule has 3 heterocycles. The van der Waals surface area contributed by atoms with E-state index < -0.39 is 5.56 Å². The van der Waals surface area contributed by atoms with Crippen LogP contribution in [0.2, 0.25) is 0 Å². The zero-order chi connectivity index (χ0) is 19.6. The molecule has 142 valence electrons. The Morgan fingerprint density at radius 2 is 2.07 bits per heavy atom. The monoisotopic (exact) mass is 372 g/mol. The number of carbonyl (C=O) groups is 1. The van der Waals surface area contributed by atoms with E-state index in [1.54, 1.807) is 29.9 Å². The van der Waals surface area contributed by atoms with Crippen molar-refractivity contribution in [2.45, 2.75) is 13.0 Å². The maximum absolute atomic E-state index is 12.7. The van der Waals surface area contributed by atoms with Crippen LogP contribution in [0.1, 0.15) is 21.6 Å². The van der Waals surface area contributed by atoms with Crippen LogP contribution in [0.15, 0.2) is 34.2 Å². The molecule has 0 saturated carbocycles. The molecule has 0 bridgehead atoms. The average Bonchev–Trinajstić information content (AvgIpc) is 3.28. The fourth-order valence-electron chi connectivity index (χ4n) is 2.77. The number of hydrogen-bond acceptors (Lipinski definition) is 8. The lowest BCUT2D eigenvalue weighted by Crippen LogP contribution is -2.31. The second-order valence-corrected chi connectivity index (χ2v) is 6.17. The van der Waals surface area contributed by atoms with Gasteiger partial charge in [-0.15, -0.1) is 0 Å². The minimum atomic E-state index is -0.436. The van der Waals surface area contributed by atoms with Crippen LogP contribution in [0.5, 0.6) is 5.75 Å². The van der Waals surface area contributed by atoms with Crippen molar-refractivity contribution >= 4 is 11.7 Å². The van der Waals surface area contributed by atoms with Crippen molar-refractivity contribution in [2.75, 3.05) is 19.1 Å². The van der Waals surface area contributed by atoms with Crippen molar-refractivity contribution < 1.29 is 14.1 Å². The van der Waals surface area contributed by atoms with Gasteiger partial charge < -0.3 is 14.2 Å². The molecule has 3 rings (SSSR count). The molecule has 10 nitrogen and oxygen atoms in total. The van der Waals surface area contributed by atoms with Crippen molar-refractivity contribution in [3.8, 4) is 5.75 Å². The number of rotatable bonds is 7. The summed E-state index contributed by atoms with van der Waals surface area (Å²) in [5.74, 6) is -0.0976. The number of aromatic nitrogens is 5. The topological polar surface area (TPSA) is 108 Å². The molecule has 0 unspecified atom stereocenters. The highest BCUT2D eigenvalue weighted by atomic mass is 16.5. The lowest BCUT2D eigenvalue weighted by Gasteiger charge is -2.21. The van der Waals surface area contributed by atoms with Crippen molar-refractivity contribution in [3.05, 3.63) is 52.0 Å². The first-order valence-corrected chi connectivity index (χ1v) is 8.15. The Morgan fingerprint density at radius 1 is 1.30 bits per heavy atom. The van der Waals surface area contributed by atoms with Crippen LogP contribution in [0, 0.1) is 0 Å². The molecule has 0 aromatic carbocycles. The SMILES string of the molecule is COc1c(C(=O)Cc2cnoc2)nc(N(C)Cc2cnn(C)c2)n(C)c1=O. The van der Waals surface area contributed by atoms with Crippen molar-refractivity contribution in [1.82, 2.24) is 24.5 Å². The van der Waals surface area contributed by atoms with E-state index in [4.69, 9.17) is 9.26 Å². The van der Waals surface area contributed by atoms with Gasteiger partial charge in [-0.2, -0.15) is 5.10 Å². The van der Waals surface area contributed by atoms with E-state index in [1.165, 1.54) is 24.1 Å². The fraction of sp³-hybridized carbons (Fsp3) is 0.353. The largest absolute Gasteiger partial charge is 0.489 e. The lowest BCUT2D eigenvalue weighted by atomic mass is 10.1. The Balaban J connectivity index is 1.97. The Morgan fingerprint density at radius 3 is 2.67 bits per heavy atom. The highest BCUT2D eigenvalue weighted by molar-refractivity contribution is 5.98. The molecule has 3 aromatic rings. The number of aryl methyl sites for hydroxylation is 1. The lowest BCUT2D eigenvalue weighted by molar-refractivity contribution is 0.0984. The number of carbonyl (C=O) groups excluding carboxylic acids is 1. The van der Waals surface area contributed by atoms with Gasteiger partial charge in [-0.05, 0) is 0 Å². The Bertz CT molecular complexity index is 1010. The Hall–Kier alpha value is -3.43. The van der Waals surface area contributed by atoms with Gasteiger partial charge in [0.2, 0.25) is 11.7 Å². The zero-order valence-electron chi connectivity index (χ0n) is 15.5. The molecule has 0 amide bonds. The summed E-state index contributed by atoms with van der Waals surface area (Å²) in [6, 6.07) is 0. The summed E-state index contributed by atoms with van der Waals surface area (Å²) in [6.07, 6.45) is 6.43. The van der Waals surface area contributed by atoms with Gasteiger partial charge in [-0.1, -0.05) is 5.16 Å². The minimum Gasteiger partial charge on any atom is -0.489 e. The van der Waals surface area contributed by atoms with Gasteiger partial charge in [-0.25, -0.2) is 4.98 Å². The van der Waals surface area contributed by atoms with E-state index in [2.05, 4.69) is 15.2 Å². The summed E-state index contributed by atoms with van der Waals surface area (Å²) in [5, 5.41) is 7.71. The van der Waals surface area contributed by atoms with Gasteiger partial charge in [0.15, 0.2) is 11.5 Å². The molecule has 0 aliphatic heterocycles. The fourth-order valence-corrected chi connectivity index (χ4v) is 2.77. The van der Waals surface area contributed by atoms with Crippen molar-refractivity contribution in [2.24, 2.45) is 14.1 Å². The number of anilines is 1. The average molecular weight is 372 g/mol. The van der Waals surface area contributed by atoms with Crippen LogP contribution in [0.4, 0.5) is 5.95 Å². The Kier molecular flexibility index (Phi) is 5.06. The summed E-state index contributed by atoms with van der Waals surface area (Å²) in [6.45, 7) is 0.472. The third-order valence-corrected chi connectivity index (χ3v) is 4.06. The summed E-state index contributed by atoms with van der Waals surface area (Å²) in [4.78, 5) is 31.6. The van der Waals surface area contributed by atoms with Crippen LogP contribution >= 0.6 is 0 Å². The highest BCUT2D eigenvalue weighted by Crippen LogP contribution is 2.19. The second-order valence-electron chi connectivity index (χ2n) is 6.17. The van der Waals surface area contributed by atoms with E-state index >= 15 is 0 Å². The molecule has 3 aromatic heterocycles. The molecule has 0 aliphatic rings. The molecule has 0 atom stereocenters. The van der Waals surface area contributed by atoms with E-state index in [1.807, 2.05) is 13.2 Å². The van der Waals surface area contributed by atoms with Gasteiger partial charge >= 0.3 is 0 Å². The quantitative estimate of drug-likeness (QED) is 0.554. The van der Waals surface area contributed by atoms with Gasteiger partial charge in [0.1, 0.15) is 6.26 Å². The van der Waals surface area contributed by atoms with Crippen LogP contribution in [0.25, 0.3) is 0 Å². The second kappa shape index (κ2) is 7.44. The van der Waals surface area contributed by atoms with Gasteiger partial charge in [0.25, 0.3) is 5.56 Å². The van der Waals surface area contributed by atoms with E-state index in [0.29, 0.717) is 18.1 Å². The number of Topliss-reactive ketones (excluding diaryl/α,β-unsaturated/α-hetero) is 1. The standard InChI is InChI=1S/C17H20N6O4/c1-21(8-12-6-18-22(2)9-12)17-20-14(15(26-4)16(25)23(17)3)13(24)5-11-7-19-27-10-11/h6-7,9-10H,5,8H2,1-4H3. The summed E-state index contributed by atoms with van der Waals surface area (Å²) >= 11 is 0. The molecule has 0 N–H and O–H groups in total. The van der Waals surface area contributed by atoms with Gasteiger partial charge in [-0.3, -0.25) is 18.8 Å². The number of nitrogens with zero attached hydrogens (tertiary/aromatic N) is 6.